The minimum absolute atomic E-state index is 0.0235. The van der Waals surface area contributed by atoms with Crippen LogP contribution in [0.3, 0.4) is 0 Å². The summed E-state index contributed by atoms with van der Waals surface area (Å²) in [6, 6.07) is 12.6. The van der Waals surface area contributed by atoms with E-state index in [1.165, 1.54) is 8.82 Å². The van der Waals surface area contributed by atoms with Gasteiger partial charge in [-0.2, -0.15) is 14.5 Å². The van der Waals surface area contributed by atoms with E-state index < -0.39 is 44.9 Å². The number of carbonyl (C=O) groups excluding carboxylic acids is 5. The predicted molar refractivity (Wildman–Crippen MR) is 420 cm³/mol. The van der Waals surface area contributed by atoms with Gasteiger partial charge in [-0.3, -0.25) is 43.4 Å². The van der Waals surface area contributed by atoms with Crippen LogP contribution in [0.1, 0.15) is 208 Å². The number of nitrogens with one attached hydrogen (secondary N) is 6. The summed E-state index contributed by atoms with van der Waals surface area (Å²) in [5.41, 5.74) is 9.04. The SMILES string of the molecule is CC1=C(CNC(=O)c2c(C)c(C(C)C3CCN(CC(C)(C)O)CC3c3cnn4c(C(=O)N5CCN(S(C)(=O)=O)CC5)c(C)c(C(=O)NCc5c(C)cc(C)[nH]c5=O)c4c3)n3nc(OCC4CC(C(C)c5c(C)c(C(=O)NCc6c(C)cc(C)[nH]c6=O)c6cccnn56)CCN4CC(C)(C)O)ccc23)C(=O)NC(C)C1C. The number of pyridine rings is 2. The molecule has 28 nitrogen and oxygen atoms in total. The second-order valence-corrected chi connectivity index (χ2v) is 34.8. The van der Waals surface area contributed by atoms with Crippen molar-refractivity contribution in [1.29, 1.82) is 0 Å². The van der Waals surface area contributed by atoms with E-state index in [-0.39, 0.29) is 134 Å². The van der Waals surface area contributed by atoms with Crippen molar-refractivity contribution in [3.8, 4) is 5.88 Å². The van der Waals surface area contributed by atoms with Gasteiger partial charge in [0.1, 0.15) is 12.3 Å². The molecule has 8 atom stereocenters. The maximum Gasteiger partial charge on any atom is 0.272 e. The second kappa shape index (κ2) is 31.4. The minimum atomic E-state index is -3.54. The van der Waals surface area contributed by atoms with E-state index in [1.807, 2.05) is 87.8 Å². The number of piperazine rings is 1. The number of nitrogens with zero attached hydrogens (tertiary/aromatic N) is 10. The molecule has 3 saturated heterocycles. The summed E-state index contributed by atoms with van der Waals surface area (Å²) in [6.45, 7) is 32.8. The standard InChI is InChI=1S/C81H108N16O12S/c1-43-31-45(3)87-73(98)59(43)36-82-76(101)67-51(9)70(95-63(67)19-18-24-85-95)49(7)55-22-26-93(42-81(15,16)106)57(33-55)40-109-66-21-20-64-68(77(102)84-38-61-48(6)47(5)54(12)89-75(61)100)52(10)71(97(64)90-66)50(8)58-23-25-91(41-80(13,14)105)39-62(58)56-34-65-69(78(103)83-37-60-44(2)32-46(4)88-74(60)99)53(11)72(96(65)86-35-56)79(104)92-27-29-94(30-28-92)110(17,107)108/h18-21,24,31-32,34-35,47,49-50,54-55,57-58,62,105-106H,22-23,25-30,33,36-42H2,1-17H3,(H,82,101)(H,83,103)(H,84,102)(H,87,98)(H,88,99)(H,89,100). The van der Waals surface area contributed by atoms with E-state index >= 15 is 9.59 Å². The van der Waals surface area contributed by atoms with Crippen molar-refractivity contribution in [3.63, 3.8) is 0 Å². The van der Waals surface area contributed by atoms with Gasteiger partial charge in [0.2, 0.25) is 21.8 Å². The smallest absolute Gasteiger partial charge is 0.272 e. The van der Waals surface area contributed by atoms with E-state index in [0.717, 1.165) is 52.0 Å². The van der Waals surface area contributed by atoms with E-state index in [2.05, 4.69) is 54.9 Å². The Hall–Kier alpha value is -9.39. The molecule has 0 aromatic carbocycles. The number of rotatable bonds is 23. The van der Waals surface area contributed by atoms with Gasteiger partial charge in [0, 0.05) is 147 Å². The van der Waals surface area contributed by atoms with Crippen LogP contribution in [0, 0.1) is 66.2 Å². The van der Waals surface area contributed by atoms with Crippen molar-refractivity contribution in [3.05, 3.63) is 176 Å². The number of aromatic amines is 2. The van der Waals surface area contributed by atoms with Crippen LogP contribution in [0.2, 0.25) is 0 Å². The molecule has 4 aliphatic heterocycles. The van der Waals surface area contributed by atoms with E-state index in [1.54, 1.807) is 77.9 Å². The summed E-state index contributed by atoms with van der Waals surface area (Å²) in [5.74, 6) is -2.75. The third-order valence-corrected chi connectivity index (χ3v) is 25.0. The topological polar surface area (TPSA) is 348 Å². The molecular formula is C81H108N16O12S. The summed E-state index contributed by atoms with van der Waals surface area (Å²) in [5, 5.41) is 50.3. The fraction of sp³-hybridized carbons (Fsp3) is 0.531. The Morgan fingerprint density at radius 1 is 0.673 bits per heavy atom. The van der Waals surface area contributed by atoms with Crippen LogP contribution in [0.15, 0.2) is 75.6 Å². The molecule has 8 aromatic rings. The van der Waals surface area contributed by atoms with Crippen molar-refractivity contribution in [2.75, 3.05) is 78.3 Å². The molecule has 0 spiro atoms. The monoisotopic (exact) mass is 1530 g/mol. The molecule has 110 heavy (non-hydrogen) atoms. The number of piperidine rings is 2. The van der Waals surface area contributed by atoms with Crippen LogP contribution in [-0.4, -0.2) is 208 Å². The van der Waals surface area contributed by atoms with E-state index in [9.17, 15) is 42.6 Å². The van der Waals surface area contributed by atoms with Crippen molar-refractivity contribution < 1.29 is 47.3 Å². The summed E-state index contributed by atoms with van der Waals surface area (Å²) < 4.78 is 38.6. The van der Waals surface area contributed by atoms with Crippen LogP contribution in [0.4, 0.5) is 0 Å². The quantitative estimate of drug-likeness (QED) is 0.0321. The van der Waals surface area contributed by atoms with E-state index in [0.29, 0.717) is 112 Å². The number of sulfonamides is 1. The highest BCUT2D eigenvalue weighted by molar-refractivity contribution is 7.88. The van der Waals surface area contributed by atoms with Gasteiger partial charge in [0.25, 0.3) is 34.7 Å². The lowest BCUT2D eigenvalue weighted by Gasteiger charge is -2.43. The molecule has 590 valence electrons. The van der Waals surface area contributed by atoms with Crippen LogP contribution in [0.5, 0.6) is 5.88 Å². The number of amides is 5. The zero-order chi connectivity index (χ0) is 79.7. The Kier molecular flexibility index (Phi) is 22.9. The lowest BCUT2D eigenvalue weighted by Crippen LogP contribution is -2.51. The van der Waals surface area contributed by atoms with Crippen molar-refractivity contribution in [1.82, 2.24) is 79.1 Å². The second-order valence-electron chi connectivity index (χ2n) is 32.8. The third-order valence-electron chi connectivity index (χ3n) is 23.7. The van der Waals surface area contributed by atoms with Crippen LogP contribution < -0.4 is 37.1 Å². The molecule has 0 bridgehead atoms. The molecule has 5 amide bonds. The number of fused-ring (bicyclic) bond motifs is 3. The number of hydrogen-bond donors (Lipinski definition) is 8. The molecule has 8 aromatic heterocycles. The average molecular weight is 1530 g/mol. The maximum absolute atomic E-state index is 15.2. The lowest BCUT2D eigenvalue weighted by molar-refractivity contribution is -0.119. The molecule has 12 rings (SSSR count). The highest BCUT2D eigenvalue weighted by atomic mass is 32.2. The Morgan fingerprint density at radius 3 is 1.83 bits per heavy atom. The Morgan fingerprint density at radius 2 is 1.25 bits per heavy atom. The zero-order valence-corrected chi connectivity index (χ0v) is 67.3. The molecule has 29 heteroatoms. The number of ether oxygens (including phenoxy) is 1. The summed E-state index contributed by atoms with van der Waals surface area (Å²) >= 11 is 0. The van der Waals surface area contributed by atoms with Crippen LogP contribution >= 0.6 is 0 Å². The van der Waals surface area contributed by atoms with Crippen LogP contribution in [-0.2, 0) is 27.9 Å². The third kappa shape index (κ3) is 16.4. The van der Waals surface area contributed by atoms with Gasteiger partial charge in [-0.1, -0.05) is 26.3 Å². The first-order valence-corrected chi connectivity index (χ1v) is 40.2. The number of aliphatic hydroxyl groups is 2. The van der Waals surface area contributed by atoms with Crippen molar-refractivity contribution >= 4 is 56.1 Å². The summed E-state index contributed by atoms with van der Waals surface area (Å²) in [7, 11) is -3.54. The first-order valence-electron chi connectivity index (χ1n) is 38.3. The van der Waals surface area contributed by atoms with Gasteiger partial charge in [-0.25, -0.2) is 22.0 Å². The normalized spacial score (nSPS) is 20.7. The van der Waals surface area contributed by atoms with Gasteiger partial charge in [0.05, 0.1) is 56.9 Å². The van der Waals surface area contributed by atoms with Gasteiger partial charge in [-0.15, -0.1) is 5.10 Å². The number of likely N-dealkylation sites (tertiary alicyclic amines) is 2. The first kappa shape index (κ1) is 80.1. The number of H-pyrrole nitrogens is 2. The number of aromatic nitrogens is 8. The molecule has 8 N–H and O–H groups in total. The highest BCUT2D eigenvalue weighted by Crippen LogP contribution is 2.46. The molecule has 12 heterocycles. The predicted octanol–water partition coefficient (Wildman–Crippen LogP) is 6.96. The van der Waals surface area contributed by atoms with E-state index in [4.69, 9.17) is 20.0 Å². The van der Waals surface area contributed by atoms with Gasteiger partial charge < -0.3 is 51.1 Å². The molecule has 0 radical (unpaired) electrons. The Bertz CT molecular complexity index is 5220. The molecular weight excluding hydrogens is 1420 g/mol. The lowest BCUT2D eigenvalue weighted by atomic mass is 9.72. The number of aryl methyl sites for hydroxylation is 4. The average Bonchev–Trinajstić information content (AvgIpc) is 1.58. The van der Waals surface area contributed by atoms with Gasteiger partial charge in [0.15, 0.2) is 0 Å². The minimum Gasteiger partial charge on any atom is -0.475 e. The molecule has 3 fully saturated rings. The largest absolute Gasteiger partial charge is 0.475 e. The maximum atomic E-state index is 15.2. The summed E-state index contributed by atoms with van der Waals surface area (Å²) in [6.07, 6.45) is 6.54. The van der Waals surface area contributed by atoms with Gasteiger partial charge in [-0.05, 0) is 210 Å². The zero-order valence-electron chi connectivity index (χ0n) is 66.5. The number of carbonyl (C=O) groups is 5. The highest BCUT2D eigenvalue weighted by Gasteiger charge is 2.42. The fourth-order valence-corrected chi connectivity index (χ4v) is 18.6. The van der Waals surface area contributed by atoms with Gasteiger partial charge >= 0.3 is 0 Å². The first-order chi connectivity index (χ1) is 51.8. The van der Waals surface area contributed by atoms with Crippen LogP contribution in [0.25, 0.3) is 16.6 Å². The molecule has 8 unspecified atom stereocenters. The van der Waals surface area contributed by atoms with Crippen molar-refractivity contribution in [2.45, 2.75) is 184 Å². The number of β-amino-alcohol motifs (C(OH)–C–C–N with tert-alkyl or cyclic N) is 2. The Labute approximate surface area is 641 Å². The molecule has 4 aliphatic rings. The molecule has 0 saturated carbocycles. The molecule has 0 aliphatic carbocycles. The fourth-order valence-electron chi connectivity index (χ4n) is 17.8. The number of hydrogen-bond acceptors (Lipinski definition) is 17. The summed E-state index contributed by atoms with van der Waals surface area (Å²) in [4.78, 5) is 111. The Balaban J connectivity index is 0.910. The van der Waals surface area contributed by atoms with Crippen molar-refractivity contribution in [2.24, 2.45) is 17.8 Å².